The number of carbonyl (C=O) groups is 4. The van der Waals surface area contributed by atoms with Crippen LogP contribution in [0.15, 0.2) is 78.9 Å². The maximum Gasteiger partial charge on any atom is 0.335 e. The highest BCUT2D eigenvalue weighted by atomic mass is 16.5. The summed E-state index contributed by atoms with van der Waals surface area (Å²) in [5.74, 6) is -0.269. The molecule has 4 aromatic carbocycles. The smallest absolute Gasteiger partial charge is 0.335 e. The molecule has 0 aliphatic carbocycles. The first-order chi connectivity index (χ1) is 23.1. The maximum absolute atomic E-state index is 13.9. The Labute approximate surface area is 278 Å². The number of hydrogen-bond acceptors (Lipinski definition) is 7. The highest BCUT2D eigenvalue weighted by Crippen LogP contribution is 2.43. The molecule has 2 heterocycles. The first kappa shape index (κ1) is 32.3. The lowest BCUT2D eigenvalue weighted by Crippen LogP contribution is -2.52. The van der Waals surface area contributed by atoms with Gasteiger partial charge in [-0.3, -0.25) is 14.4 Å². The van der Waals surface area contributed by atoms with Gasteiger partial charge in [0.15, 0.2) is 5.78 Å². The first-order valence-electron chi connectivity index (χ1n) is 15.9. The molecule has 246 valence electrons. The largest absolute Gasteiger partial charge is 0.493 e. The Morgan fingerprint density at radius 1 is 0.792 bits per heavy atom. The number of fused-ring (bicyclic) bond motifs is 1. The summed E-state index contributed by atoms with van der Waals surface area (Å²) in [6.45, 7) is 5.21. The summed E-state index contributed by atoms with van der Waals surface area (Å²) in [7, 11) is 0. The van der Waals surface area contributed by atoms with Crippen molar-refractivity contribution >= 4 is 23.6 Å². The van der Waals surface area contributed by atoms with E-state index in [-0.39, 0.29) is 23.7 Å². The van der Waals surface area contributed by atoms with E-state index in [1.165, 1.54) is 12.1 Å². The van der Waals surface area contributed by atoms with Gasteiger partial charge in [-0.2, -0.15) is 0 Å². The van der Waals surface area contributed by atoms with Crippen molar-refractivity contribution in [1.82, 2.24) is 4.90 Å². The quantitative estimate of drug-likeness (QED) is 0.217. The van der Waals surface area contributed by atoms with Crippen LogP contribution in [-0.4, -0.2) is 65.5 Å². The van der Waals surface area contributed by atoms with Crippen LogP contribution in [-0.2, 0) is 0 Å². The van der Waals surface area contributed by atoms with Gasteiger partial charge >= 0.3 is 5.97 Å². The Kier molecular flexibility index (Phi) is 8.90. The predicted molar refractivity (Wildman–Crippen MR) is 179 cm³/mol. The van der Waals surface area contributed by atoms with E-state index in [0.29, 0.717) is 84.2 Å². The van der Waals surface area contributed by atoms with Gasteiger partial charge in [-0.05, 0) is 79.1 Å². The van der Waals surface area contributed by atoms with Crippen molar-refractivity contribution in [2.24, 2.45) is 5.73 Å². The van der Waals surface area contributed by atoms with Crippen LogP contribution >= 0.6 is 0 Å². The second-order valence-corrected chi connectivity index (χ2v) is 11.9. The van der Waals surface area contributed by atoms with Gasteiger partial charge in [0.2, 0.25) is 5.91 Å². The highest BCUT2D eigenvalue weighted by Gasteiger charge is 2.44. The maximum atomic E-state index is 13.9. The number of amides is 2. The van der Waals surface area contributed by atoms with Gasteiger partial charge in [-0.15, -0.1) is 0 Å². The standard InChI is InChI=1S/C38H36N2O8/c1-3-46-32-20-28(21-33(47-4-2)34(32)24-7-11-26(12-8-24)37(44)45)36(43)40-17-15-38(16-18-40)22-30(41)29-19-27(13-14-31(29)48-38)23-5-9-25(10-6-23)35(39)42/h5-14,19-21H,3-4,15-18,22H2,1-2H3,(H2,39,42)(H,44,45). The molecule has 6 rings (SSSR count). The van der Waals surface area contributed by atoms with E-state index in [1.54, 1.807) is 53.4 Å². The molecule has 1 spiro atoms. The molecule has 3 N–H and O–H groups in total. The average molecular weight is 649 g/mol. The van der Waals surface area contributed by atoms with Crippen molar-refractivity contribution in [2.75, 3.05) is 26.3 Å². The summed E-state index contributed by atoms with van der Waals surface area (Å²) >= 11 is 0. The lowest BCUT2D eigenvalue weighted by atomic mass is 9.82. The molecule has 1 fully saturated rings. The van der Waals surface area contributed by atoms with Crippen LogP contribution in [0.25, 0.3) is 22.3 Å². The van der Waals surface area contributed by atoms with Crippen LogP contribution in [0.5, 0.6) is 17.2 Å². The monoisotopic (exact) mass is 648 g/mol. The summed E-state index contributed by atoms with van der Waals surface area (Å²) in [6.07, 6.45) is 1.19. The number of ketones is 1. The van der Waals surface area contributed by atoms with E-state index in [2.05, 4.69) is 0 Å². The molecule has 1 saturated heterocycles. The zero-order valence-corrected chi connectivity index (χ0v) is 26.8. The normalized spacial score (nSPS) is 15.0. The van der Waals surface area contributed by atoms with Crippen molar-refractivity contribution in [3.05, 3.63) is 101 Å². The number of nitrogens with two attached hydrogens (primary N) is 1. The number of rotatable bonds is 9. The first-order valence-corrected chi connectivity index (χ1v) is 15.9. The molecule has 0 aromatic heterocycles. The molecule has 48 heavy (non-hydrogen) atoms. The molecule has 4 aromatic rings. The molecular weight excluding hydrogens is 612 g/mol. The van der Waals surface area contributed by atoms with Gasteiger partial charge in [0.1, 0.15) is 22.8 Å². The Morgan fingerprint density at radius 2 is 1.35 bits per heavy atom. The summed E-state index contributed by atoms with van der Waals surface area (Å²) < 4.78 is 18.5. The fourth-order valence-corrected chi connectivity index (χ4v) is 6.40. The van der Waals surface area contributed by atoms with Crippen molar-refractivity contribution in [1.29, 1.82) is 0 Å². The summed E-state index contributed by atoms with van der Waals surface area (Å²) in [6, 6.07) is 22.3. The summed E-state index contributed by atoms with van der Waals surface area (Å²) in [5.41, 5.74) is 9.19. The Balaban J connectivity index is 1.20. The van der Waals surface area contributed by atoms with Gasteiger partial charge in [0.05, 0.1) is 36.3 Å². The summed E-state index contributed by atoms with van der Waals surface area (Å²) in [4.78, 5) is 51.9. The van der Waals surface area contributed by atoms with Crippen molar-refractivity contribution in [3.63, 3.8) is 0 Å². The molecule has 0 unspecified atom stereocenters. The lowest BCUT2D eigenvalue weighted by molar-refractivity contribution is -0.00574. The van der Waals surface area contributed by atoms with Crippen LogP contribution in [0.2, 0.25) is 0 Å². The van der Waals surface area contributed by atoms with E-state index in [1.807, 2.05) is 32.0 Å². The van der Waals surface area contributed by atoms with E-state index < -0.39 is 17.5 Å². The molecule has 0 bridgehead atoms. The number of Topliss-reactive ketones (excluding diaryl/α,β-unsaturated/α-hetero) is 1. The van der Waals surface area contributed by atoms with Gasteiger partial charge in [-0.25, -0.2) is 4.79 Å². The zero-order chi connectivity index (χ0) is 34.0. The Morgan fingerprint density at radius 3 is 1.92 bits per heavy atom. The second-order valence-electron chi connectivity index (χ2n) is 11.9. The third-order valence-electron chi connectivity index (χ3n) is 8.89. The van der Waals surface area contributed by atoms with Gasteiger partial charge in [0.25, 0.3) is 5.91 Å². The molecular formula is C38H36N2O8. The predicted octanol–water partition coefficient (Wildman–Crippen LogP) is 6.26. The van der Waals surface area contributed by atoms with Crippen LogP contribution in [0, 0.1) is 0 Å². The number of likely N-dealkylation sites (tertiary alicyclic amines) is 1. The van der Waals surface area contributed by atoms with Crippen molar-refractivity contribution in [3.8, 4) is 39.5 Å². The van der Waals surface area contributed by atoms with Crippen molar-refractivity contribution < 1.29 is 38.5 Å². The third kappa shape index (κ3) is 6.33. The second kappa shape index (κ2) is 13.2. The number of carboxylic acids is 1. The zero-order valence-electron chi connectivity index (χ0n) is 26.8. The number of primary amides is 1. The van der Waals surface area contributed by atoms with Gasteiger partial charge < -0.3 is 30.0 Å². The average Bonchev–Trinajstić information content (AvgIpc) is 3.08. The third-order valence-corrected chi connectivity index (χ3v) is 8.89. The molecule has 10 heteroatoms. The fraction of sp³-hybridized carbons (Fsp3) is 0.263. The van der Waals surface area contributed by atoms with Crippen LogP contribution < -0.4 is 19.9 Å². The number of ether oxygens (including phenoxy) is 3. The number of carbonyl (C=O) groups excluding carboxylic acids is 3. The van der Waals surface area contributed by atoms with E-state index in [0.717, 1.165) is 11.1 Å². The molecule has 0 atom stereocenters. The molecule has 0 radical (unpaired) electrons. The minimum absolute atomic E-state index is 0.0127. The lowest BCUT2D eigenvalue weighted by Gasteiger charge is -2.44. The van der Waals surface area contributed by atoms with E-state index >= 15 is 0 Å². The number of nitrogens with zero attached hydrogens (tertiary/aromatic N) is 1. The summed E-state index contributed by atoms with van der Waals surface area (Å²) in [5, 5.41) is 9.33. The van der Waals surface area contributed by atoms with E-state index in [9.17, 15) is 24.3 Å². The van der Waals surface area contributed by atoms with E-state index in [4.69, 9.17) is 19.9 Å². The Bertz CT molecular complexity index is 1860. The minimum Gasteiger partial charge on any atom is -0.493 e. The molecule has 2 amide bonds. The minimum atomic E-state index is -1.02. The molecule has 0 saturated carbocycles. The molecule has 2 aliphatic heterocycles. The van der Waals surface area contributed by atoms with Crippen molar-refractivity contribution in [2.45, 2.75) is 38.7 Å². The Hall–Kier alpha value is -5.64. The highest BCUT2D eigenvalue weighted by molar-refractivity contribution is 6.02. The van der Waals surface area contributed by atoms with Gasteiger partial charge in [0, 0.05) is 37.1 Å². The van der Waals surface area contributed by atoms with Crippen LogP contribution in [0.1, 0.15) is 74.5 Å². The molecule has 2 aliphatic rings. The molecule has 10 nitrogen and oxygen atoms in total. The fourth-order valence-electron chi connectivity index (χ4n) is 6.40. The van der Waals surface area contributed by atoms with Gasteiger partial charge in [-0.1, -0.05) is 30.3 Å². The number of benzene rings is 4. The van der Waals surface area contributed by atoms with Crippen LogP contribution in [0.4, 0.5) is 0 Å². The number of hydrogen-bond donors (Lipinski definition) is 2. The SMILES string of the molecule is CCOc1cc(C(=O)N2CCC3(CC2)CC(=O)c2cc(-c4ccc(C(N)=O)cc4)ccc2O3)cc(OCC)c1-c1ccc(C(=O)O)cc1. The number of piperidine rings is 1. The number of aromatic carboxylic acids is 1. The number of carboxylic acid groups (broad SMARTS) is 1. The topological polar surface area (TPSA) is 145 Å². The van der Waals surface area contributed by atoms with Crippen LogP contribution in [0.3, 0.4) is 0 Å².